The zero-order valence-electron chi connectivity index (χ0n) is 7.83. The molecule has 0 saturated carbocycles. The molecule has 0 aliphatic heterocycles. The predicted molar refractivity (Wildman–Crippen MR) is 60.4 cm³/mol. The molecule has 0 radical (unpaired) electrons. The molecular formula is C10H8BrClO3. The van der Waals surface area contributed by atoms with Gasteiger partial charge in [-0.2, -0.15) is 0 Å². The minimum Gasteiger partial charge on any atom is -0.478 e. The van der Waals surface area contributed by atoms with Gasteiger partial charge in [0, 0.05) is 4.47 Å². The standard InChI is InChI=1S/C10H8BrClO3/c1-5(13)9(12)6-2-3-8(11)7(4-6)10(14)15/h2-4,9H,1H3,(H,14,15). The van der Waals surface area contributed by atoms with Crippen molar-refractivity contribution in [3.05, 3.63) is 33.8 Å². The highest BCUT2D eigenvalue weighted by Gasteiger charge is 2.16. The lowest BCUT2D eigenvalue weighted by molar-refractivity contribution is -0.116. The van der Waals surface area contributed by atoms with Gasteiger partial charge in [0.2, 0.25) is 0 Å². The number of rotatable bonds is 3. The smallest absolute Gasteiger partial charge is 0.336 e. The Hall–Kier alpha value is -0.870. The van der Waals surface area contributed by atoms with Gasteiger partial charge in [0.1, 0.15) is 5.38 Å². The average molecular weight is 292 g/mol. The molecule has 0 spiro atoms. The van der Waals surface area contributed by atoms with Crippen LogP contribution in [0, 0.1) is 0 Å². The fraction of sp³-hybridized carbons (Fsp3) is 0.200. The molecule has 1 N–H and O–H groups in total. The van der Waals surface area contributed by atoms with E-state index >= 15 is 0 Å². The van der Waals surface area contributed by atoms with Crippen LogP contribution in [0.1, 0.15) is 28.2 Å². The van der Waals surface area contributed by atoms with Crippen LogP contribution >= 0.6 is 27.5 Å². The largest absolute Gasteiger partial charge is 0.478 e. The van der Waals surface area contributed by atoms with Gasteiger partial charge >= 0.3 is 5.97 Å². The number of carboxylic acids is 1. The van der Waals surface area contributed by atoms with Crippen LogP contribution in [0.2, 0.25) is 0 Å². The number of ketones is 1. The molecule has 1 atom stereocenters. The Labute approximate surface area is 100 Å². The van der Waals surface area contributed by atoms with E-state index in [0.29, 0.717) is 10.0 Å². The molecule has 80 valence electrons. The highest BCUT2D eigenvalue weighted by Crippen LogP contribution is 2.26. The van der Waals surface area contributed by atoms with E-state index < -0.39 is 11.3 Å². The second-order valence-corrected chi connectivity index (χ2v) is 4.31. The Morgan fingerprint density at radius 3 is 2.53 bits per heavy atom. The monoisotopic (exact) mass is 290 g/mol. The maximum atomic E-state index is 11.0. The number of carbonyl (C=O) groups excluding carboxylic acids is 1. The van der Waals surface area contributed by atoms with E-state index in [9.17, 15) is 9.59 Å². The molecule has 0 amide bonds. The van der Waals surface area contributed by atoms with Gasteiger partial charge in [-0.05, 0) is 40.5 Å². The highest BCUT2D eigenvalue weighted by molar-refractivity contribution is 9.10. The van der Waals surface area contributed by atoms with E-state index in [4.69, 9.17) is 16.7 Å². The van der Waals surface area contributed by atoms with E-state index in [1.165, 1.54) is 13.0 Å². The van der Waals surface area contributed by atoms with Gasteiger partial charge < -0.3 is 5.11 Å². The number of carboxylic acid groups (broad SMARTS) is 1. The topological polar surface area (TPSA) is 54.4 Å². The molecule has 5 heteroatoms. The number of hydrogen-bond acceptors (Lipinski definition) is 2. The first-order chi connectivity index (χ1) is 6.93. The molecule has 0 heterocycles. The van der Waals surface area contributed by atoms with Gasteiger partial charge in [0.05, 0.1) is 5.56 Å². The summed E-state index contributed by atoms with van der Waals surface area (Å²) < 4.78 is 0.464. The predicted octanol–water partition coefficient (Wildman–Crippen LogP) is 3.02. The van der Waals surface area contributed by atoms with Crippen LogP contribution in [-0.2, 0) is 4.79 Å². The summed E-state index contributed by atoms with van der Waals surface area (Å²) in [6.45, 7) is 1.36. The molecule has 0 aliphatic rings. The van der Waals surface area contributed by atoms with Crippen LogP contribution in [0.3, 0.4) is 0 Å². The average Bonchev–Trinajstić information content (AvgIpc) is 2.16. The van der Waals surface area contributed by atoms with Crippen LogP contribution in [0.5, 0.6) is 0 Å². The van der Waals surface area contributed by atoms with Gasteiger partial charge in [-0.1, -0.05) is 6.07 Å². The molecule has 0 bridgehead atoms. The summed E-state index contributed by atoms with van der Waals surface area (Å²) in [4.78, 5) is 21.8. The van der Waals surface area contributed by atoms with Gasteiger partial charge in [0.15, 0.2) is 5.78 Å². The third-order valence-electron chi connectivity index (χ3n) is 1.87. The Kier molecular flexibility index (Phi) is 3.88. The maximum Gasteiger partial charge on any atom is 0.336 e. The van der Waals surface area contributed by atoms with Crippen molar-refractivity contribution in [1.82, 2.24) is 0 Å². The van der Waals surface area contributed by atoms with Crippen LogP contribution in [0.25, 0.3) is 0 Å². The molecule has 15 heavy (non-hydrogen) atoms. The number of Topliss-reactive ketones (excluding diaryl/α,β-unsaturated/α-hetero) is 1. The summed E-state index contributed by atoms with van der Waals surface area (Å²) in [7, 11) is 0. The molecule has 1 rings (SSSR count). The lowest BCUT2D eigenvalue weighted by Gasteiger charge is -2.07. The highest BCUT2D eigenvalue weighted by atomic mass is 79.9. The van der Waals surface area contributed by atoms with Crippen molar-refractivity contribution < 1.29 is 14.7 Å². The molecule has 0 saturated heterocycles. The van der Waals surface area contributed by atoms with Crippen molar-refractivity contribution in [2.24, 2.45) is 0 Å². The zero-order valence-corrected chi connectivity index (χ0v) is 10.2. The number of halogens is 2. The summed E-state index contributed by atoms with van der Waals surface area (Å²) in [5, 5.41) is 8.06. The van der Waals surface area contributed by atoms with Crippen molar-refractivity contribution in [1.29, 1.82) is 0 Å². The molecule has 0 fully saturated rings. The fourth-order valence-corrected chi connectivity index (χ4v) is 1.65. The molecule has 3 nitrogen and oxygen atoms in total. The maximum absolute atomic E-state index is 11.0. The molecule has 1 aromatic rings. The fourth-order valence-electron chi connectivity index (χ4n) is 1.10. The second-order valence-electron chi connectivity index (χ2n) is 3.02. The first-order valence-corrected chi connectivity index (χ1v) is 5.33. The number of alkyl halides is 1. The van der Waals surface area contributed by atoms with Crippen molar-refractivity contribution in [3.8, 4) is 0 Å². The molecule has 1 unspecified atom stereocenters. The first kappa shape index (κ1) is 12.2. The van der Waals surface area contributed by atoms with Gasteiger partial charge in [-0.25, -0.2) is 4.79 Å². The zero-order chi connectivity index (χ0) is 11.6. The Morgan fingerprint density at radius 2 is 2.07 bits per heavy atom. The van der Waals surface area contributed by atoms with Crippen LogP contribution in [-0.4, -0.2) is 16.9 Å². The molecule has 0 aliphatic carbocycles. The van der Waals surface area contributed by atoms with Crippen LogP contribution in [0.15, 0.2) is 22.7 Å². The SMILES string of the molecule is CC(=O)C(Cl)c1ccc(Br)c(C(=O)O)c1. The molecular weight excluding hydrogens is 283 g/mol. The first-order valence-electron chi connectivity index (χ1n) is 4.10. The minimum absolute atomic E-state index is 0.0967. The Balaban J connectivity index is 3.18. The third kappa shape index (κ3) is 2.79. The van der Waals surface area contributed by atoms with E-state index in [1.807, 2.05) is 0 Å². The van der Waals surface area contributed by atoms with Crippen molar-refractivity contribution in [2.75, 3.05) is 0 Å². The number of hydrogen-bond donors (Lipinski definition) is 1. The van der Waals surface area contributed by atoms with E-state index in [-0.39, 0.29) is 11.3 Å². The van der Waals surface area contributed by atoms with Crippen molar-refractivity contribution in [3.63, 3.8) is 0 Å². The lowest BCUT2D eigenvalue weighted by Crippen LogP contribution is -2.04. The second kappa shape index (κ2) is 4.77. The van der Waals surface area contributed by atoms with Gasteiger partial charge in [-0.3, -0.25) is 4.79 Å². The van der Waals surface area contributed by atoms with Gasteiger partial charge in [0.25, 0.3) is 0 Å². The van der Waals surface area contributed by atoms with Crippen molar-refractivity contribution in [2.45, 2.75) is 12.3 Å². The quantitative estimate of drug-likeness (QED) is 0.871. The van der Waals surface area contributed by atoms with E-state index in [2.05, 4.69) is 15.9 Å². The van der Waals surface area contributed by atoms with Crippen LogP contribution < -0.4 is 0 Å². The van der Waals surface area contributed by atoms with E-state index in [0.717, 1.165) is 0 Å². The third-order valence-corrected chi connectivity index (χ3v) is 3.12. The Morgan fingerprint density at radius 1 is 1.47 bits per heavy atom. The summed E-state index contributed by atoms with van der Waals surface area (Å²) in [6, 6.07) is 4.58. The summed E-state index contributed by atoms with van der Waals surface area (Å²) in [5.74, 6) is -1.27. The lowest BCUT2D eigenvalue weighted by atomic mass is 10.1. The number of carbonyl (C=O) groups is 2. The number of aromatic carboxylic acids is 1. The summed E-state index contributed by atoms with van der Waals surface area (Å²) >= 11 is 8.92. The molecule has 0 aromatic heterocycles. The Bertz CT molecular complexity index is 417. The summed E-state index contributed by atoms with van der Waals surface area (Å²) in [6.07, 6.45) is 0. The van der Waals surface area contributed by atoms with Crippen molar-refractivity contribution >= 4 is 39.3 Å². The normalized spacial score (nSPS) is 12.2. The van der Waals surface area contributed by atoms with Gasteiger partial charge in [-0.15, -0.1) is 11.6 Å². The minimum atomic E-state index is -1.06. The summed E-state index contributed by atoms with van der Waals surface area (Å²) in [5.41, 5.74) is 0.587. The number of benzene rings is 1. The van der Waals surface area contributed by atoms with E-state index in [1.54, 1.807) is 12.1 Å². The van der Waals surface area contributed by atoms with Crippen LogP contribution in [0.4, 0.5) is 0 Å². The molecule has 1 aromatic carbocycles.